The Labute approximate surface area is 104 Å². The molecule has 0 saturated heterocycles. The van der Waals surface area contributed by atoms with Crippen LogP contribution in [0.4, 0.5) is 13.2 Å². The summed E-state index contributed by atoms with van der Waals surface area (Å²) in [5.41, 5.74) is -2.45. The van der Waals surface area contributed by atoms with E-state index in [1.54, 1.807) is 0 Å². The van der Waals surface area contributed by atoms with Crippen LogP contribution in [0.1, 0.15) is 16.1 Å². The topological polar surface area (TPSA) is 88.9 Å². The fourth-order valence-electron chi connectivity index (χ4n) is 1.30. The van der Waals surface area contributed by atoms with Crippen molar-refractivity contribution < 1.29 is 23.1 Å². The Balaban J connectivity index is 2.60. The van der Waals surface area contributed by atoms with Gasteiger partial charge in [-0.15, -0.1) is 0 Å². The van der Waals surface area contributed by atoms with Crippen molar-refractivity contribution in [2.45, 2.75) is 6.18 Å². The minimum absolute atomic E-state index is 0.0671. The van der Waals surface area contributed by atoms with Crippen LogP contribution in [0.25, 0.3) is 11.5 Å². The number of rotatable bonds is 2. The molecule has 9 heteroatoms. The number of carboxylic acid groups (broad SMARTS) is 1. The van der Waals surface area contributed by atoms with Crippen LogP contribution in [0.15, 0.2) is 24.8 Å². The van der Waals surface area contributed by atoms with E-state index in [9.17, 15) is 18.0 Å². The van der Waals surface area contributed by atoms with Gasteiger partial charge in [0.05, 0.1) is 0 Å². The van der Waals surface area contributed by atoms with E-state index in [4.69, 9.17) is 5.11 Å². The molecule has 1 N–H and O–H groups in total. The summed E-state index contributed by atoms with van der Waals surface area (Å²) in [6.07, 6.45) is -1.85. The number of aromatic nitrogens is 4. The zero-order valence-electron chi connectivity index (χ0n) is 9.09. The van der Waals surface area contributed by atoms with Crippen LogP contribution in [0.5, 0.6) is 0 Å². The Hall–Kier alpha value is -2.58. The molecule has 2 rings (SSSR count). The van der Waals surface area contributed by atoms with Gasteiger partial charge < -0.3 is 5.11 Å². The molecule has 0 spiro atoms. The third-order valence-electron chi connectivity index (χ3n) is 2.10. The number of halogens is 3. The molecule has 0 aliphatic heterocycles. The number of carboxylic acids is 1. The minimum Gasteiger partial charge on any atom is -0.478 e. The van der Waals surface area contributed by atoms with Gasteiger partial charge in [-0.3, -0.25) is 0 Å². The molecule has 0 bridgehead atoms. The third-order valence-corrected chi connectivity index (χ3v) is 2.10. The monoisotopic (exact) mass is 270 g/mol. The van der Waals surface area contributed by atoms with Crippen molar-refractivity contribution in [3.63, 3.8) is 0 Å². The van der Waals surface area contributed by atoms with Gasteiger partial charge >= 0.3 is 12.1 Å². The summed E-state index contributed by atoms with van der Waals surface area (Å²) < 4.78 is 38.2. The summed E-state index contributed by atoms with van der Waals surface area (Å²) >= 11 is 0. The second-order valence-corrected chi connectivity index (χ2v) is 3.35. The maximum atomic E-state index is 12.7. The summed E-state index contributed by atoms with van der Waals surface area (Å²) in [6, 6.07) is 1.32. The lowest BCUT2D eigenvalue weighted by atomic mass is 10.2. The van der Waals surface area contributed by atoms with Gasteiger partial charge in [-0.25, -0.2) is 24.7 Å². The zero-order valence-corrected chi connectivity index (χ0v) is 9.09. The van der Waals surface area contributed by atoms with Crippen molar-refractivity contribution >= 4 is 5.97 Å². The molecule has 98 valence electrons. The number of aromatic carboxylic acids is 1. The van der Waals surface area contributed by atoms with Crippen LogP contribution in [-0.2, 0) is 6.18 Å². The Bertz CT molecular complexity index is 616. The van der Waals surface area contributed by atoms with E-state index < -0.39 is 23.4 Å². The fourth-order valence-corrected chi connectivity index (χ4v) is 1.30. The van der Waals surface area contributed by atoms with Crippen LogP contribution in [0.3, 0.4) is 0 Å². The predicted molar refractivity (Wildman–Crippen MR) is 55.0 cm³/mol. The number of hydrogen-bond donors (Lipinski definition) is 1. The van der Waals surface area contributed by atoms with E-state index >= 15 is 0 Å². The van der Waals surface area contributed by atoms with Gasteiger partial charge in [0, 0.05) is 12.4 Å². The highest BCUT2D eigenvalue weighted by Gasteiger charge is 2.38. The standard InChI is InChI=1S/C10H5F3N4O2/c11-10(12,13)7-5(9(18)19)3-15-8(17-7)6-1-2-14-4-16-6/h1-4H,(H,18,19). The van der Waals surface area contributed by atoms with Crippen molar-refractivity contribution in [2.75, 3.05) is 0 Å². The predicted octanol–water partition coefficient (Wildman–Crippen LogP) is 1.65. The highest BCUT2D eigenvalue weighted by Crippen LogP contribution is 2.31. The smallest absolute Gasteiger partial charge is 0.434 e. The van der Waals surface area contributed by atoms with Gasteiger partial charge in [-0.1, -0.05) is 0 Å². The molecule has 2 aromatic rings. The lowest BCUT2D eigenvalue weighted by Crippen LogP contribution is -2.16. The maximum absolute atomic E-state index is 12.7. The average molecular weight is 270 g/mol. The Morgan fingerprint density at radius 2 is 2.00 bits per heavy atom. The minimum atomic E-state index is -4.89. The molecule has 6 nitrogen and oxygen atoms in total. The highest BCUT2D eigenvalue weighted by atomic mass is 19.4. The van der Waals surface area contributed by atoms with Gasteiger partial charge in [0.2, 0.25) is 0 Å². The van der Waals surface area contributed by atoms with E-state index in [1.165, 1.54) is 12.3 Å². The van der Waals surface area contributed by atoms with Crippen molar-refractivity contribution in [3.05, 3.63) is 36.0 Å². The molecule has 0 fully saturated rings. The second kappa shape index (κ2) is 4.59. The summed E-state index contributed by atoms with van der Waals surface area (Å²) in [4.78, 5) is 24.8. The van der Waals surface area contributed by atoms with Crippen LogP contribution in [0.2, 0.25) is 0 Å². The van der Waals surface area contributed by atoms with E-state index in [-0.39, 0.29) is 11.5 Å². The molecule has 2 aromatic heterocycles. The van der Waals surface area contributed by atoms with Gasteiger partial charge in [-0.05, 0) is 6.07 Å². The van der Waals surface area contributed by atoms with E-state index in [2.05, 4.69) is 19.9 Å². The van der Waals surface area contributed by atoms with Crippen LogP contribution in [-0.4, -0.2) is 31.0 Å². The Kier molecular flexibility index (Phi) is 3.11. The summed E-state index contributed by atoms with van der Waals surface area (Å²) in [5, 5.41) is 8.68. The number of alkyl halides is 3. The number of nitrogens with zero attached hydrogens (tertiary/aromatic N) is 4. The first-order valence-electron chi connectivity index (χ1n) is 4.83. The van der Waals surface area contributed by atoms with Crippen LogP contribution in [0, 0.1) is 0 Å². The van der Waals surface area contributed by atoms with Crippen molar-refractivity contribution in [1.82, 2.24) is 19.9 Å². The largest absolute Gasteiger partial charge is 0.478 e. The van der Waals surface area contributed by atoms with Crippen LogP contribution < -0.4 is 0 Å². The van der Waals surface area contributed by atoms with Gasteiger partial charge in [0.15, 0.2) is 11.5 Å². The van der Waals surface area contributed by atoms with Gasteiger partial charge in [0.25, 0.3) is 0 Å². The SMILES string of the molecule is O=C(O)c1cnc(-c2ccncn2)nc1C(F)(F)F. The zero-order chi connectivity index (χ0) is 14.0. The quantitative estimate of drug-likeness (QED) is 0.892. The average Bonchev–Trinajstić information content (AvgIpc) is 2.38. The van der Waals surface area contributed by atoms with Gasteiger partial charge in [0.1, 0.15) is 17.6 Å². The molecule has 0 aromatic carbocycles. The summed E-state index contributed by atoms with van der Waals surface area (Å²) in [6.45, 7) is 0. The first-order chi connectivity index (χ1) is 8.89. The second-order valence-electron chi connectivity index (χ2n) is 3.35. The molecule has 19 heavy (non-hydrogen) atoms. The Morgan fingerprint density at radius 3 is 2.53 bits per heavy atom. The molecule has 0 radical (unpaired) electrons. The molecule has 0 unspecified atom stereocenters. The molecule has 0 atom stereocenters. The van der Waals surface area contributed by atoms with Crippen molar-refractivity contribution in [1.29, 1.82) is 0 Å². The number of carbonyl (C=O) groups is 1. The molecule has 0 aliphatic carbocycles. The molecular weight excluding hydrogens is 265 g/mol. The molecule has 0 aliphatic rings. The summed E-state index contributed by atoms with van der Waals surface area (Å²) in [5.74, 6) is -2.07. The van der Waals surface area contributed by atoms with Crippen molar-refractivity contribution in [3.8, 4) is 11.5 Å². The normalized spacial score (nSPS) is 11.3. The maximum Gasteiger partial charge on any atom is 0.434 e. The number of hydrogen-bond acceptors (Lipinski definition) is 5. The molecule has 0 saturated carbocycles. The summed E-state index contributed by atoms with van der Waals surface area (Å²) in [7, 11) is 0. The van der Waals surface area contributed by atoms with E-state index in [1.807, 2.05) is 0 Å². The Morgan fingerprint density at radius 1 is 1.26 bits per heavy atom. The molecular formula is C10H5F3N4O2. The lowest BCUT2D eigenvalue weighted by Gasteiger charge is -2.09. The molecule has 0 amide bonds. The fraction of sp³-hybridized carbons (Fsp3) is 0.100. The molecule has 2 heterocycles. The first kappa shape index (κ1) is 12.9. The lowest BCUT2D eigenvalue weighted by molar-refractivity contribution is -0.141. The first-order valence-corrected chi connectivity index (χ1v) is 4.83. The highest BCUT2D eigenvalue weighted by molar-refractivity contribution is 5.88. The van der Waals surface area contributed by atoms with E-state index in [0.29, 0.717) is 6.20 Å². The van der Waals surface area contributed by atoms with E-state index in [0.717, 1.165) is 6.33 Å². The third kappa shape index (κ3) is 2.64. The van der Waals surface area contributed by atoms with Crippen LogP contribution >= 0.6 is 0 Å². The van der Waals surface area contributed by atoms with Gasteiger partial charge in [-0.2, -0.15) is 13.2 Å². The van der Waals surface area contributed by atoms with Crippen molar-refractivity contribution in [2.24, 2.45) is 0 Å².